The number of carbonyl (C=O) groups excluding carboxylic acids is 1. The van der Waals surface area contributed by atoms with Gasteiger partial charge in [0.2, 0.25) is 0 Å². The van der Waals surface area contributed by atoms with Gasteiger partial charge >= 0.3 is 5.97 Å². The zero-order chi connectivity index (χ0) is 15.2. The fourth-order valence-electron chi connectivity index (χ4n) is 1.77. The summed E-state index contributed by atoms with van der Waals surface area (Å²) >= 11 is 5.75. The third-order valence-electron chi connectivity index (χ3n) is 2.89. The van der Waals surface area contributed by atoms with Crippen molar-refractivity contribution < 1.29 is 19.0 Å². The van der Waals surface area contributed by atoms with Crippen LogP contribution in [0.25, 0.3) is 0 Å². The van der Waals surface area contributed by atoms with Crippen LogP contribution in [0.2, 0.25) is 0 Å². The van der Waals surface area contributed by atoms with Gasteiger partial charge in [-0.1, -0.05) is 12.1 Å². The maximum Gasteiger partial charge on any atom is 0.337 e. The molecule has 2 aromatic rings. The molecule has 0 bridgehead atoms. The minimum atomic E-state index is -0.431. The Morgan fingerprint density at radius 1 is 1.05 bits per heavy atom. The van der Waals surface area contributed by atoms with Crippen LogP contribution in [0.5, 0.6) is 17.2 Å². The van der Waals surface area contributed by atoms with Crippen LogP contribution in [0.15, 0.2) is 42.5 Å². The molecule has 0 amide bonds. The monoisotopic (exact) mass is 306 g/mol. The largest absolute Gasteiger partial charge is 0.493 e. The van der Waals surface area contributed by atoms with Crippen molar-refractivity contribution >= 4 is 17.6 Å². The van der Waals surface area contributed by atoms with Gasteiger partial charge in [0.05, 0.1) is 19.8 Å². The fourth-order valence-corrected chi connectivity index (χ4v) is 1.95. The maximum absolute atomic E-state index is 11.6. The zero-order valence-electron chi connectivity index (χ0n) is 11.8. The van der Waals surface area contributed by atoms with E-state index in [1.54, 1.807) is 18.2 Å². The van der Waals surface area contributed by atoms with Crippen LogP contribution in [0.3, 0.4) is 0 Å². The molecule has 2 aromatic carbocycles. The Morgan fingerprint density at radius 3 is 2.33 bits per heavy atom. The Morgan fingerprint density at radius 2 is 1.76 bits per heavy atom. The lowest BCUT2D eigenvalue weighted by Crippen LogP contribution is -2.02. The first-order chi connectivity index (χ1) is 10.2. The standard InChI is InChI=1S/C16H15ClO4/c1-19-14-8-5-12(16(18)20-2)9-15(14)21-13-6-3-11(10-17)4-7-13/h3-9H,10H2,1-2H3. The lowest BCUT2D eigenvalue weighted by molar-refractivity contribution is 0.0600. The van der Waals surface area contributed by atoms with Crippen molar-refractivity contribution in [1.82, 2.24) is 0 Å². The first-order valence-corrected chi connectivity index (χ1v) is 6.80. The third-order valence-corrected chi connectivity index (χ3v) is 3.20. The average molecular weight is 307 g/mol. The number of methoxy groups -OCH3 is 2. The Kier molecular flexibility index (Phi) is 5.06. The molecular formula is C16H15ClO4. The minimum absolute atomic E-state index is 0.394. The van der Waals surface area contributed by atoms with Gasteiger partial charge in [0, 0.05) is 5.88 Å². The van der Waals surface area contributed by atoms with E-state index in [0.717, 1.165) is 5.56 Å². The third kappa shape index (κ3) is 3.67. The summed E-state index contributed by atoms with van der Waals surface area (Å²) in [5, 5.41) is 0. The SMILES string of the molecule is COC(=O)c1ccc(OC)c(Oc2ccc(CCl)cc2)c1. The molecule has 0 saturated heterocycles. The van der Waals surface area contributed by atoms with Crippen molar-refractivity contribution in [1.29, 1.82) is 0 Å². The van der Waals surface area contributed by atoms with E-state index in [1.807, 2.05) is 24.3 Å². The number of alkyl halides is 1. The second kappa shape index (κ2) is 6.99. The number of carbonyl (C=O) groups is 1. The first-order valence-electron chi connectivity index (χ1n) is 6.27. The lowest BCUT2D eigenvalue weighted by Gasteiger charge is -2.11. The van der Waals surface area contributed by atoms with Gasteiger partial charge in [-0.05, 0) is 35.9 Å². The molecule has 0 fully saturated rings. The Bertz CT molecular complexity index is 623. The highest BCUT2D eigenvalue weighted by Crippen LogP contribution is 2.32. The number of ether oxygens (including phenoxy) is 3. The summed E-state index contributed by atoms with van der Waals surface area (Å²) in [6.45, 7) is 0. The van der Waals surface area contributed by atoms with Gasteiger partial charge in [0.15, 0.2) is 11.5 Å². The quantitative estimate of drug-likeness (QED) is 0.618. The van der Waals surface area contributed by atoms with Gasteiger partial charge in [0.25, 0.3) is 0 Å². The zero-order valence-corrected chi connectivity index (χ0v) is 12.5. The van der Waals surface area contributed by atoms with Crippen LogP contribution in [-0.2, 0) is 10.6 Å². The van der Waals surface area contributed by atoms with Crippen LogP contribution in [0, 0.1) is 0 Å². The van der Waals surface area contributed by atoms with E-state index in [1.165, 1.54) is 14.2 Å². The summed E-state index contributed by atoms with van der Waals surface area (Å²) in [5.74, 6) is 1.62. The van der Waals surface area contributed by atoms with Gasteiger partial charge in [-0.2, -0.15) is 0 Å². The predicted molar refractivity (Wildman–Crippen MR) is 80.4 cm³/mol. The van der Waals surface area contributed by atoms with Crippen molar-refractivity contribution in [2.45, 2.75) is 5.88 Å². The highest BCUT2D eigenvalue weighted by Gasteiger charge is 2.12. The summed E-state index contributed by atoms with van der Waals surface area (Å²) in [6, 6.07) is 12.2. The van der Waals surface area contributed by atoms with Crippen LogP contribution in [0.4, 0.5) is 0 Å². The topological polar surface area (TPSA) is 44.8 Å². The number of rotatable bonds is 5. The van der Waals surface area contributed by atoms with Gasteiger partial charge in [0.1, 0.15) is 5.75 Å². The Labute approximate surface area is 128 Å². The maximum atomic E-state index is 11.6. The molecule has 0 saturated carbocycles. The summed E-state index contributed by atoms with van der Waals surface area (Å²) < 4.78 is 15.7. The van der Waals surface area contributed by atoms with Gasteiger partial charge in [-0.15, -0.1) is 11.6 Å². The molecule has 0 unspecified atom stereocenters. The molecule has 0 N–H and O–H groups in total. The molecule has 0 heterocycles. The van der Waals surface area contributed by atoms with E-state index in [2.05, 4.69) is 0 Å². The second-order valence-corrected chi connectivity index (χ2v) is 4.50. The van der Waals surface area contributed by atoms with Gasteiger partial charge < -0.3 is 14.2 Å². The predicted octanol–water partition coefficient (Wildman–Crippen LogP) is 4.01. The van der Waals surface area contributed by atoms with Crippen LogP contribution in [0.1, 0.15) is 15.9 Å². The highest BCUT2D eigenvalue weighted by molar-refractivity contribution is 6.17. The lowest BCUT2D eigenvalue weighted by atomic mass is 10.2. The molecule has 0 atom stereocenters. The summed E-state index contributed by atoms with van der Waals surface area (Å²) in [6.07, 6.45) is 0. The van der Waals surface area contributed by atoms with E-state index in [-0.39, 0.29) is 0 Å². The number of benzene rings is 2. The summed E-state index contributed by atoms with van der Waals surface area (Å²) in [5.41, 5.74) is 1.39. The first kappa shape index (κ1) is 15.2. The van der Waals surface area contributed by atoms with Crippen LogP contribution >= 0.6 is 11.6 Å². The molecule has 2 rings (SSSR count). The van der Waals surface area contributed by atoms with Crippen molar-refractivity contribution in [3.05, 3.63) is 53.6 Å². The summed E-state index contributed by atoms with van der Waals surface area (Å²) in [7, 11) is 2.87. The van der Waals surface area contributed by atoms with Gasteiger partial charge in [-0.25, -0.2) is 4.79 Å². The molecule has 0 aromatic heterocycles. The smallest absolute Gasteiger partial charge is 0.337 e. The number of hydrogen-bond acceptors (Lipinski definition) is 4. The van der Waals surface area contributed by atoms with Crippen LogP contribution in [-0.4, -0.2) is 20.2 Å². The average Bonchev–Trinajstić information content (AvgIpc) is 2.54. The molecule has 5 heteroatoms. The van der Waals surface area contributed by atoms with E-state index >= 15 is 0 Å². The fraction of sp³-hybridized carbons (Fsp3) is 0.188. The van der Waals surface area contributed by atoms with E-state index in [9.17, 15) is 4.79 Å². The Hall–Kier alpha value is -2.20. The molecular weight excluding hydrogens is 292 g/mol. The molecule has 0 radical (unpaired) electrons. The normalized spacial score (nSPS) is 10.0. The molecule has 0 aliphatic carbocycles. The van der Waals surface area contributed by atoms with Crippen molar-refractivity contribution in [3.63, 3.8) is 0 Å². The number of hydrogen-bond donors (Lipinski definition) is 0. The molecule has 4 nitrogen and oxygen atoms in total. The minimum Gasteiger partial charge on any atom is -0.493 e. The van der Waals surface area contributed by atoms with Gasteiger partial charge in [-0.3, -0.25) is 0 Å². The van der Waals surface area contributed by atoms with Crippen molar-refractivity contribution in [3.8, 4) is 17.2 Å². The Balaban J connectivity index is 2.29. The summed E-state index contributed by atoms with van der Waals surface area (Å²) in [4.78, 5) is 11.6. The molecule has 110 valence electrons. The number of esters is 1. The van der Waals surface area contributed by atoms with E-state index in [0.29, 0.717) is 28.7 Å². The van der Waals surface area contributed by atoms with Crippen molar-refractivity contribution in [2.75, 3.05) is 14.2 Å². The molecule has 21 heavy (non-hydrogen) atoms. The molecule has 0 aliphatic heterocycles. The van der Waals surface area contributed by atoms with Crippen molar-refractivity contribution in [2.24, 2.45) is 0 Å². The highest BCUT2D eigenvalue weighted by atomic mass is 35.5. The molecule has 0 aliphatic rings. The second-order valence-electron chi connectivity index (χ2n) is 4.24. The van der Waals surface area contributed by atoms with E-state index in [4.69, 9.17) is 25.8 Å². The number of halogens is 1. The van der Waals surface area contributed by atoms with E-state index < -0.39 is 5.97 Å². The van der Waals surface area contributed by atoms with Crippen LogP contribution < -0.4 is 9.47 Å². The molecule has 0 spiro atoms.